The van der Waals surface area contributed by atoms with Gasteiger partial charge in [0.25, 0.3) is 0 Å². The highest BCUT2D eigenvalue weighted by Crippen LogP contribution is 2.30. The van der Waals surface area contributed by atoms with Crippen molar-refractivity contribution in [1.29, 1.82) is 0 Å². The van der Waals surface area contributed by atoms with Crippen molar-refractivity contribution in [2.45, 2.75) is 24.7 Å². The minimum Gasteiger partial charge on any atom is -0.356 e. The number of rotatable bonds is 11. The van der Waals surface area contributed by atoms with E-state index in [1.54, 1.807) is 19.1 Å². The van der Waals surface area contributed by atoms with Crippen molar-refractivity contribution in [2.75, 3.05) is 25.5 Å². The molecule has 4 aromatic rings. The fourth-order valence-electron chi connectivity index (χ4n) is 3.90. The Balaban J connectivity index is 1.45. The van der Waals surface area contributed by atoms with Crippen molar-refractivity contribution in [3.8, 4) is 22.4 Å². The fraction of sp³-hybridized carbons (Fsp3) is 0.207. The molecule has 0 aliphatic rings. The van der Waals surface area contributed by atoms with Gasteiger partial charge in [-0.25, -0.2) is 22.7 Å². The van der Waals surface area contributed by atoms with Gasteiger partial charge < -0.3 is 10.6 Å². The fourth-order valence-corrected chi connectivity index (χ4v) is 5.31. The highest BCUT2D eigenvalue weighted by Gasteiger charge is 2.20. The quantitative estimate of drug-likeness (QED) is 0.225. The highest BCUT2D eigenvalue weighted by atomic mass is 35.5. The molecule has 0 bridgehead atoms. The molecule has 0 aliphatic heterocycles. The number of carbonyl (C=O) groups excluding carboxylic acids is 1. The van der Waals surface area contributed by atoms with E-state index in [4.69, 9.17) is 11.6 Å². The summed E-state index contributed by atoms with van der Waals surface area (Å²) < 4.78 is 27.2. The van der Waals surface area contributed by atoms with Crippen LogP contribution in [0.15, 0.2) is 90.0 Å². The Kier molecular flexibility index (Phi) is 9.29. The second-order valence-electron chi connectivity index (χ2n) is 8.87. The SMILES string of the molecule is CCC(=O)NCCCN(C)S(=O)(=O)c1ccc(Nc2ncc(Cl)c(-c3cccc(-c4ccccc4)c3)n2)cc1. The summed E-state index contributed by atoms with van der Waals surface area (Å²) in [7, 11) is -2.14. The number of sulfonamides is 1. The number of aromatic nitrogens is 2. The largest absolute Gasteiger partial charge is 0.356 e. The molecule has 0 saturated heterocycles. The first-order valence-electron chi connectivity index (χ1n) is 12.6. The van der Waals surface area contributed by atoms with Gasteiger partial charge in [-0.15, -0.1) is 0 Å². The lowest BCUT2D eigenvalue weighted by atomic mass is 10.0. The number of carbonyl (C=O) groups is 1. The Labute approximate surface area is 234 Å². The van der Waals surface area contributed by atoms with Crippen LogP contribution in [0.1, 0.15) is 19.8 Å². The van der Waals surface area contributed by atoms with Crippen LogP contribution in [0.4, 0.5) is 11.6 Å². The Morgan fingerprint density at radius 3 is 2.36 bits per heavy atom. The van der Waals surface area contributed by atoms with E-state index < -0.39 is 10.0 Å². The first-order chi connectivity index (χ1) is 18.8. The zero-order valence-corrected chi connectivity index (χ0v) is 23.3. The van der Waals surface area contributed by atoms with Gasteiger partial charge >= 0.3 is 0 Å². The first kappa shape index (κ1) is 28.2. The topological polar surface area (TPSA) is 104 Å². The number of benzene rings is 3. The van der Waals surface area contributed by atoms with Gasteiger partial charge in [-0.1, -0.05) is 67.1 Å². The summed E-state index contributed by atoms with van der Waals surface area (Å²) in [6.07, 6.45) is 2.46. The van der Waals surface area contributed by atoms with Crippen LogP contribution >= 0.6 is 11.6 Å². The smallest absolute Gasteiger partial charge is 0.242 e. The lowest BCUT2D eigenvalue weighted by molar-refractivity contribution is -0.120. The number of anilines is 2. The van der Waals surface area contributed by atoms with Gasteiger partial charge in [-0.3, -0.25) is 4.79 Å². The molecule has 0 aliphatic carbocycles. The maximum Gasteiger partial charge on any atom is 0.242 e. The zero-order chi connectivity index (χ0) is 27.8. The number of nitrogens with one attached hydrogen (secondary N) is 2. The van der Waals surface area contributed by atoms with Crippen LogP contribution in [0, 0.1) is 0 Å². The second-order valence-corrected chi connectivity index (χ2v) is 11.3. The number of halogens is 1. The molecule has 2 N–H and O–H groups in total. The summed E-state index contributed by atoms with van der Waals surface area (Å²) in [5.41, 5.74) is 4.20. The maximum atomic E-state index is 12.9. The lowest BCUT2D eigenvalue weighted by Gasteiger charge is -2.17. The molecular weight excluding hydrogens is 534 g/mol. The molecule has 39 heavy (non-hydrogen) atoms. The van der Waals surface area contributed by atoms with Crippen LogP contribution in [0.2, 0.25) is 5.02 Å². The molecule has 0 atom stereocenters. The predicted molar refractivity (Wildman–Crippen MR) is 155 cm³/mol. The van der Waals surface area contributed by atoms with Crippen LogP contribution in [0.5, 0.6) is 0 Å². The molecule has 8 nitrogen and oxygen atoms in total. The zero-order valence-electron chi connectivity index (χ0n) is 21.8. The van der Waals surface area contributed by atoms with Crippen LogP contribution in [-0.4, -0.2) is 48.7 Å². The Hall–Kier alpha value is -3.79. The molecule has 0 radical (unpaired) electrons. The Bertz CT molecular complexity index is 1530. The first-order valence-corrected chi connectivity index (χ1v) is 14.4. The van der Waals surface area contributed by atoms with E-state index in [1.165, 1.54) is 29.7 Å². The molecule has 0 fully saturated rings. The molecule has 1 amide bonds. The van der Waals surface area contributed by atoms with E-state index in [0.717, 1.165) is 16.7 Å². The van der Waals surface area contributed by atoms with Crippen LogP contribution in [0.25, 0.3) is 22.4 Å². The molecule has 1 aromatic heterocycles. The number of nitrogens with zero attached hydrogens (tertiary/aromatic N) is 3. The molecule has 3 aromatic carbocycles. The Morgan fingerprint density at radius 2 is 1.64 bits per heavy atom. The van der Waals surface area contributed by atoms with Crippen LogP contribution in [-0.2, 0) is 14.8 Å². The monoisotopic (exact) mass is 563 g/mol. The van der Waals surface area contributed by atoms with Gasteiger partial charge in [0.05, 0.1) is 21.8 Å². The van der Waals surface area contributed by atoms with E-state index in [9.17, 15) is 13.2 Å². The van der Waals surface area contributed by atoms with Crippen LogP contribution < -0.4 is 10.6 Å². The Morgan fingerprint density at radius 1 is 0.949 bits per heavy atom. The molecule has 0 unspecified atom stereocenters. The third kappa shape index (κ3) is 7.20. The van der Waals surface area contributed by atoms with Crippen LogP contribution in [0.3, 0.4) is 0 Å². The van der Waals surface area contributed by atoms with Crippen molar-refractivity contribution in [3.63, 3.8) is 0 Å². The van der Waals surface area contributed by atoms with Gasteiger partial charge in [0.1, 0.15) is 0 Å². The standard InChI is InChI=1S/C29H30ClN5O3S/c1-3-27(36)31-17-8-18-35(2)39(37,38)25-15-13-24(14-16-25)33-29-32-20-26(30)28(34-29)23-12-7-11-22(19-23)21-9-5-4-6-10-21/h4-7,9-16,19-20H,3,8,17-18H2,1-2H3,(H,31,36)(H,32,33,34). The number of hydrogen-bond acceptors (Lipinski definition) is 6. The molecule has 1 heterocycles. The van der Waals surface area contributed by atoms with Crippen molar-refractivity contribution >= 4 is 39.2 Å². The molecule has 0 spiro atoms. The average molecular weight is 564 g/mol. The number of hydrogen-bond donors (Lipinski definition) is 2. The van der Waals surface area contributed by atoms with E-state index in [2.05, 4.69) is 20.6 Å². The minimum absolute atomic E-state index is 0.0545. The van der Waals surface area contributed by atoms with Crippen molar-refractivity contribution < 1.29 is 13.2 Å². The summed E-state index contributed by atoms with van der Waals surface area (Å²) >= 11 is 6.46. The molecule has 0 saturated carbocycles. The average Bonchev–Trinajstić information content (AvgIpc) is 2.96. The molecule has 10 heteroatoms. The van der Waals surface area contributed by atoms with E-state index in [1.807, 2.05) is 54.6 Å². The summed E-state index contributed by atoms with van der Waals surface area (Å²) in [5, 5.41) is 6.29. The minimum atomic E-state index is -3.67. The summed E-state index contributed by atoms with van der Waals surface area (Å²) in [4.78, 5) is 20.4. The summed E-state index contributed by atoms with van der Waals surface area (Å²) in [6, 6.07) is 24.4. The molecular formula is C29H30ClN5O3S. The van der Waals surface area contributed by atoms with Crippen molar-refractivity contribution in [1.82, 2.24) is 19.6 Å². The second kappa shape index (κ2) is 12.8. The molecule has 4 rings (SSSR count). The van der Waals surface area contributed by atoms with E-state index in [-0.39, 0.29) is 10.8 Å². The highest BCUT2D eigenvalue weighted by molar-refractivity contribution is 7.89. The molecule has 202 valence electrons. The third-order valence-corrected chi connectivity index (χ3v) is 8.25. The summed E-state index contributed by atoms with van der Waals surface area (Å²) in [6.45, 7) is 2.49. The number of amides is 1. The predicted octanol–water partition coefficient (Wildman–Crippen LogP) is 5.74. The lowest BCUT2D eigenvalue weighted by Crippen LogP contribution is -2.31. The maximum absolute atomic E-state index is 12.9. The van der Waals surface area contributed by atoms with E-state index >= 15 is 0 Å². The van der Waals surface area contributed by atoms with E-state index in [0.29, 0.717) is 48.3 Å². The van der Waals surface area contributed by atoms with Crippen molar-refractivity contribution in [3.05, 3.63) is 90.1 Å². The van der Waals surface area contributed by atoms with Gasteiger partial charge in [0.2, 0.25) is 21.9 Å². The van der Waals surface area contributed by atoms with Gasteiger partial charge in [0, 0.05) is 37.8 Å². The van der Waals surface area contributed by atoms with Gasteiger partial charge in [-0.2, -0.15) is 0 Å². The van der Waals surface area contributed by atoms with Gasteiger partial charge in [-0.05, 0) is 47.9 Å². The van der Waals surface area contributed by atoms with Crippen molar-refractivity contribution in [2.24, 2.45) is 0 Å². The normalized spacial score (nSPS) is 11.4. The van der Waals surface area contributed by atoms with Gasteiger partial charge in [0.15, 0.2) is 0 Å². The third-order valence-electron chi connectivity index (χ3n) is 6.10. The summed E-state index contributed by atoms with van der Waals surface area (Å²) in [5.74, 6) is 0.280.